The molecule has 0 saturated heterocycles. The molecule has 1 aromatic carbocycles. The Labute approximate surface area is 114 Å². The zero-order chi connectivity index (χ0) is 13.3. The van der Waals surface area contributed by atoms with Gasteiger partial charge in [0, 0.05) is 16.8 Å². The second kappa shape index (κ2) is 4.96. The van der Waals surface area contributed by atoms with E-state index in [0.29, 0.717) is 10.6 Å². The number of rotatable bonds is 2. The van der Waals surface area contributed by atoms with Crippen LogP contribution in [0, 0.1) is 6.92 Å². The van der Waals surface area contributed by atoms with Crippen LogP contribution in [0.25, 0.3) is 11.1 Å². The number of hydrogen-bond acceptors (Lipinski definition) is 2. The maximum atomic E-state index is 11.2. The van der Waals surface area contributed by atoms with Crippen molar-refractivity contribution in [3.05, 3.63) is 51.8 Å². The minimum atomic E-state index is -1.04. The van der Waals surface area contributed by atoms with Gasteiger partial charge in [0.05, 0.1) is 5.56 Å². The van der Waals surface area contributed by atoms with Crippen LogP contribution in [0.5, 0.6) is 0 Å². The molecule has 5 heteroatoms. The van der Waals surface area contributed by atoms with Gasteiger partial charge in [-0.15, -0.1) is 0 Å². The summed E-state index contributed by atoms with van der Waals surface area (Å²) in [6.45, 7) is 1.86. The van der Waals surface area contributed by atoms with Crippen LogP contribution in [-0.2, 0) is 0 Å². The number of carboxylic acid groups (broad SMARTS) is 1. The molecular formula is C13H9Cl2NO2. The number of aryl methyl sites for hydroxylation is 1. The molecule has 0 unspecified atom stereocenters. The van der Waals surface area contributed by atoms with E-state index < -0.39 is 5.97 Å². The molecule has 0 bridgehead atoms. The van der Waals surface area contributed by atoms with Crippen LogP contribution in [0.1, 0.15) is 15.9 Å². The van der Waals surface area contributed by atoms with Crippen LogP contribution in [-0.4, -0.2) is 16.1 Å². The molecule has 0 atom stereocenters. The highest BCUT2D eigenvalue weighted by molar-refractivity contribution is 6.31. The second-order valence-corrected chi connectivity index (χ2v) is 4.62. The number of aromatic carboxylic acids is 1. The van der Waals surface area contributed by atoms with Gasteiger partial charge >= 0.3 is 5.97 Å². The van der Waals surface area contributed by atoms with Crippen LogP contribution in [0.15, 0.2) is 30.5 Å². The fourth-order valence-corrected chi connectivity index (χ4v) is 1.92. The number of hydrogen-bond donors (Lipinski definition) is 1. The molecular weight excluding hydrogens is 273 g/mol. The number of carbonyl (C=O) groups is 1. The van der Waals surface area contributed by atoms with Crippen molar-refractivity contribution < 1.29 is 9.90 Å². The van der Waals surface area contributed by atoms with Gasteiger partial charge in [-0.05, 0) is 36.2 Å². The Balaban J connectivity index is 2.63. The highest BCUT2D eigenvalue weighted by atomic mass is 35.5. The van der Waals surface area contributed by atoms with Gasteiger partial charge in [0.15, 0.2) is 0 Å². The van der Waals surface area contributed by atoms with Crippen LogP contribution in [0.2, 0.25) is 10.2 Å². The normalized spacial score (nSPS) is 10.4. The van der Waals surface area contributed by atoms with Crippen LogP contribution in [0.4, 0.5) is 0 Å². The van der Waals surface area contributed by atoms with Crippen molar-refractivity contribution in [3.63, 3.8) is 0 Å². The van der Waals surface area contributed by atoms with E-state index in [9.17, 15) is 4.79 Å². The summed E-state index contributed by atoms with van der Waals surface area (Å²) in [5.74, 6) is -1.04. The lowest BCUT2D eigenvalue weighted by molar-refractivity contribution is 0.0697. The van der Waals surface area contributed by atoms with Crippen molar-refractivity contribution in [2.75, 3.05) is 0 Å². The zero-order valence-corrected chi connectivity index (χ0v) is 11.0. The van der Waals surface area contributed by atoms with Gasteiger partial charge in [-0.2, -0.15) is 0 Å². The summed E-state index contributed by atoms with van der Waals surface area (Å²) >= 11 is 11.7. The van der Waals surface area contributed by atoms with Gasteiger partial charge in [-0.3, -0.25) is 0 Å². The number of aromatic nitrogens is 1. The predicted molar refractivity (Wildman–Crippen MR) is 71.4 cm³/mol. The monoisotopic (exact) mass is 281 g/mol. The summed E-state index contributed by atoms with van der Waals surface area (Å²) in [6, 6.07) is 6.64. The molecule has 0 amide bonds. The molecule has 0 fully saturated rings. The topological polar surface area (TPSA) is 50.2 Å². The first kappa shape index (κ1) is 12.9. The minimum absolute atomic E-state index is 0.122. The zero-order valence-electron chi connectivity index (χ0n) is 9.45. The Bertz CT molecular complexity index is 626. The third-order valence-electron chi connectivity index (χ3n) is 2.57. The first-order valence-electron chi connectivity index (χ1n) is 5.14. The Kier molecular flexibility index (Phi) is 3.55. The van der Waals surface area contributed by atoms with Gasteiger partial charge in [-0.1, -0.05) is 29.3 Å². The molecule has 2 aromatic rings. The molecule has 0 radical (unpaired) electrons. The lowest BCUT2D eigenvalue weighted by atomic mass is 10.0. The van der Waals surface area contributed by atoms with E-state index in [1.54, 1.807) is 12.1 Å². The SMILES string of the molecule is Cc1cc(-c2cnc(Cl)cc2C(=O)O)ccc1Cl. The van der Waals surface area contributed by atoms with Crippen molar-refractivity contribution in [1.82, 2.24) is 4.98 Å². The maximum Gasteiger partial charge on any atom is 0.336 e. The third-order valence-corrected chi connectivity index (χ3v) is 3.20. The molecule has 1 heterocycles. The molecule has 0 saturated carbocycles. The summed E-state index contributed by atoms with van der Waals surface area (Å²) in [4.78, 5) is 15.1. The highest BCUT2D eigenvalue weighted by Crippen LogP contribution is 2.28. The van der Waals surface area contributed by atoms with Gasteiger partial charge < -0.3 is 5.11 Å². The Morgan fingerprint density at radius 2 is 2.00 bits per heavy atom. The summed E-state index contributed by atoms with van der Waals surface area (Å²) in [6.07, 6.45) is 1.45. The quantitative estimate of drug-likeness (QED) is 0.845. The molecule has 0 aliphatic carbocycles. The molecule has 2 rings (SSSR count). The van der Waals surface area contributed by atoms with Crippen molar-refractivity contribution in [3.8, 4) is 11.1 Å². The molecule has 1 N–H and O–H groups in total. The Morgan fingerprint density at radius 3 is 2.61 bits per heavy atom. The average Bonchev–Trinajstić information content (AvgIpc) is 2.32. The van der Waals surface area contributed by atoms with Crippen molar-refractivity contribution in [2.45, 2.75) is 6.92 Å². The molecule has 3 nitrogen and oxygen atoms in total. The summed E-state index contributed by atoms with van der Waals surface area (Å²) in [7, 11) is 0. The standard InChI is InChI=1S/C13H9Cl2NO2/c1-7-4-8(2-3-11(7)14)10-6-16-12(15)5-9(10)13(17)18/h2-6H,1H3,(H,17,18). The number of pyridine rings is 1. The maximum absolute atomic E-state index is 11.2. The van der Waals surface area contributed by atoms with Crippen molar-refractivity contribution in [1.29, 1.82) is 0 Å². The third kappa shape index (κ3) is 2.47. The predicted octanol–water partition coefficient (Wildman–Crippen LogP) is 4.06. The van der Waals surface area contributed by atoms with Gasteiger partial charge in [0.25, 0.3) is 0 Å². The first-order valence-corrected chi connectivity index (χ1v) is 5.90. The van der Waals surface area contributed by atoms with E-state index in [1.165, 1.54) is 12.3 Å². The van der Waals surface area contributed by atoms with E-state index in [0.717, 1.165) is 11.1 Å². The minimum Gasteiger partial charge on any atom is -0.478 e. The van der Waals surface area contributed by atoms with Crippen LogP contribution in [0.3, 0.4) is 0 Å². The largest absolute Gasteiger partial charge is 0.478 e. The lowest BCUT2D eigenvalue weighted by Crippen LogP contribution is -2.00. The number of carboxylic acids is 1. The molecule has 1 aromatic heterocycles. The van der Waals surface area contributed by atoms with Crippen LogP contribution >= 0.6 is 23.2 Å². The summed E-state index contributed by atoms with van der Waals surface area (Å²) in [5, 5.41) is 9.95. The lowest BCUT2D eigenvalue weighted by Gasteiger charge is -2.08. The summed E-state index contributed by atoms with van der Waals surface area (Å²) in [5.41, 5.74) is 2.27. The first-order chi connectivity index (χ1) is 8.49. The van der Waals surface area contributed by atoms with E-state index >= 15 is 0 Å². The van der Waals surface area contributed by atoms with E-state index in [2.05, 4.69) is 4.98 Å². The van der Waals surface area contributed by atoms with Crippen molar-refractivity contribution >= 4 is 29.2 Å². The number of halogens is 2. The molecule has 0 aliphatic heterocycles. The second-order valence-electron chi connectivity index (χ2n) is 3.82. The molecule has 18 heavy (non-hydrogen) atoms. The number of benzene rings is 1. The molecule has 0 spiro atoms. The fraction of sp³-hybridized carbons (Fsp3) is 0.0769. The Morgan fingerprint density at radius 1 is 1.28 bits per heavy atom. The van der Waals surface area contributed by atoms with Gasteiger partial charge in [0.2, 0.25) is 0 Å². The molecule has 0 aliphatic rings. The Hall–Kier alpha value is -1.58. The van der Waals surface area contributed by atoms with Gasteiger partial charge in [-0.25, -0.2) is 9.78 Å². The fourth-order valence-electron chi connectivity index (χ4n) is 1.65. The van der Waals surface area contributed by atoms with E-state index in [-0.39, 0.29) is 10.7 Å². The van der Waals surface area contributed by atoms with Crippen LogP contribution < -0.4 is 0 Å². The van der Waals surface area contributed by atoms with Gasteiger partial charge in [0.1, 0.15) is 5.15 Å². The summed E-state index contributed by atoms with van der Waals surface area (Å²) < 4.78 is 0. The number of nitrogens with zero attached hydrogens (tertiary/aromatic N) is 1. The smallest absolute Gasteiger partial charge is 0.336 e. The highest BCUT2D eigenvalue weighted by Gasteiger charge is 2.13. The van der Waals surface area contributed by atoms with Crippen molar-refractivity contribution in [2.24, 2.45) is 0 Å². The van der Waals surface area contributed by atoms with E-state index in [1.807, 2.05) is 13.0 Å². The average molecular weight is 282 g/mol. The molecule has 92 valence electrons. The van der Waals surface area contributed by atoms with E-state index in [4.69, 9.17) is 28.3 Å².